The molecule has 1 aliphatic rings. The minimum atomic E-state index is 0.451. The lowest BCUT2D eigenvalue weighted by molar-refractivity contribution is 0.350. The van der Waals surface area contributed by atoms with Crippen LogP contribution in [0.15, 0.2) is 24.3 Å². The SMILES string of the molecule is Cc1cccc([C@H](C)NC(C)C2(C)CC2)c1. The van der Waals surface area contributed by atoms with Crippen molar-refractivity contribution >= 4 is 0 Å². The number of hydrogen-bond donors (Lipinski definition) is 1. The van der Waals surface area contributed by atoms with Gasteiger partial charge in [0.05, 0.1) is 0 Å². The van der Waals surface area contributed by atoms with Gasteiger partial charge in [0.1, 0.15) is 0 Å². The van der Waals surface area contributed by atoms with Crippen molar-refractivity contribution in [3.05, 3.63) is 35.4 Å². The van der Waals surface area contributed by atoms with E-state index in [1.807, 2.05) is 0 Å². The summed E-state index contributed by atoms with van der Waals surface area (Å²) >= 11 is 0. The van der Waals surface area contributed by atoms with Gasteiger partial charge in [0.15, 0.2) is 0 Å². The summed E-state index contributed by atoms with van der Waals surface area (Å²) < 4.78 is 0. The lowest BCUT2D eigenvalue weighted by Gasteiger charge is -2.25. The van der Waals surface area contributed by atoms with Crippen LogP contribution in [0, 0.1) is 12.3 Å². The summed E-state index contributed by atoms with van der Waals surface area (Å²) in [6.07, 6.45) is 2.75. The van der Waals surface area contributed by atoms with Gasteiger partial charge in [-0.05, 0) is 44.6 Å². The first-order valence-electron chi connectivity index (χ1n) is 6.34. The third-order valence-corrected chi connectivity index (χ3v) is 4.13. The lowest BCUT2D eigenvalue weighted by atomic mass is 9.98. The van der Waals surface area contributed by atoms with Crippen LogP contribution in [-0.2, 0) is 0 Å². The molecular weight excluding hydrogens is 194 g/mol. The fourth-order valence-corrected chi connectivity index (χ4v) is 2.24. The quantitative estimate of drug-likeness (QED) is 0.808. The average Bonchev–Trinajstić information content (AvgIpc) is 2.98. The molecule has 1 nitrogen and oxygen atoms in total. The second-order valence-electron chi connectivity index (χ2n) is 5.68. The maximum atomic E-state index is 3.73. The summed E-state index contributed by atoms with van der Waals surface area (Å²) in [4.78, 5) is 0. The van der Waals surface area contributed by atoms with E-state index in [9.17, 15) is 0 Å². The van der Waals surface area contributed by atoms with Gasteiger partial charge in [-0.3, -0.25) is 0 Å². The summed E-state index contributed by atoms with van der Waals surface area (Å²) in [7, 11) is 0. The van der Waals surface area contributed by atoms with Crippen molar-refractivity contribution in [1.29, 1.82) is 0 Å². The molecule has 1 aliphatic carbocycles. The van der Waals surface area contributed by atoms with E-state index >= 15 is 0 Å². The Labute approximate surface area is 99.3 Å². The highest BCUT2D eigenvalue weighted by Crippen LogP contribution is 2.48. The fourth-order valence-electron chi connectivity index (χ4n) is 2.24. The minimum Gasteiger partial charge on any atom is -0.307 e. The molecule has 0 radical (unpaired) electrons. The van der Waals surface area contributed by atoms with Gasteiger partial charge in [0.2, 0.25) is 0 Å². The van der Waals surface area contributed by atoms with Gasteiger partial charge in [-0.2, -0.15) is 0 Å². The van der Waals surface area contributed by atoms with Crippen LogP contribution < -0.4 is 5.32 Å². The van der Waals surface area contributed by atoms with Gasteiger partial charge >= 0.3 is 0 Å². The molecule has 1 unspecified atom stereocenters. The maximum Gasteiger partial charge on any atom is 0.0294 e. The monoisotopic (exact) mass is 217 g/mol. The summed E-state index contributed by atoms with van der Waals surface area (Å²) in [5, 5.41) is 3.73. The Morgan fingerprint density at radius 1 is 1.25 bits per heavy atom. The molecular formula is C15H23N. The van der Waals surface area contributed by atoms with Crippen LogP contribution in [0.1, 0.15) is 50.8 Å². The van der Waals surface area contributed by atoms with Gasteiger partial charge in [-0.15, -0.1) is 0 Å². The molecule has 2 rings (SSSR count). The van der Waals surface area contributed by atoms with E-state index in [1.165, 1.54) is 24.0 Å². The van der Waals surface area contributed by atoms with Gasteiger partial charge in [-0.1, -0.05) is 36.8 Å². The topological polar surface area (TPSA) is 12.0 Å². The normalized spacial score (nSPS) is 21.5. The van der Waals surface area contributed by atoms with Crippen LogP contribution in [0.5, 0.6) is 0 Å². The average molecular weight is 217 g/mol. The predicted molar refractivity (Wildman–Crippen MR) is 69.5 cm³/mol. The summed E-state index contributed by atoms with van der Waals surface area (Å²) in [5.74, 6) is 0. The highest BCUT2D eigenvalue weighted by molar-refractivity contribution is 5.24. The number of aryl methyl sites for hydroxylation is 1. The van der Waals surface area contributed by atoms with Gasteiger partial charge in [0.25, 0.3) is 0 Å². The van der Waals surface area contributed by atoms with Crippen molar-refractivity contribution in [3.63, 3.8) is 0 Å². The first-order chi connectivity index (χ1) is 7.51. The van der Waals surface area contributed by atoms with Crippen LogP contribution in [-0.4, -0.2) is 6.04 Å². The number of nitrogens with one attached hydrogen (secondary N) is 1. The molecule has 0 amide bonds. The Bertz CT molecular complexity index is 365. The van der Waals surface area contributed by atoms with E-state index in [0.29, 0.717) is 17.5 Å². The third-order valence-electron chi connectivity index (χ3n) is 4.13. The van der Waals surface area contributed by atoms with Crippen molar-refractivity contribution in [1.82, 2.24) is 5.32 Å². The molecule has 88 valence electrons. The second-order valence-corrected chi connectivity index (χ2v) is 5.68. The predicted octanol–water partition coefficient (Wildman–Crippen LogP) is 3.83. The molecule has 2 atom stereocenters. The molecule has 1 fully saturated rings. The molecule has 1 N–H and O–H groups in total. The zero-order chi connectivity index (χ0) is 11.8. The molecule has 0 spiro atoms. The Kier molecular flexibility index (Phi) is 3.07. The highest BCUT2D eigenvalue weighted by atomic mass is 15.0. The molecule has 1 aromatic rings. The smallest absolute Gasteiger partial charge is 0.0294 e. The largest absolute Gasteiger partial charge is 0.307 e. The van der Waals surface area contributed by atoms with E-state index < -0.39 is 0 Å². The van der Waals surface area contributed by atoms with Crippen LogP contribution in [0.2, 0.25) is 0 Å². The van der Waals surface area contributed by atoms with E-state index in [4.69, 9.17) is 0 Å². The third kappa shape index (κ3) is 2.46. The van der Waals surface area contributed by atoms with Crippen molar-refractivity contribution < 1.29 is 0 Å². The molecule has 0 heterocycles. The molecule has 0 aliphatic heterocycles. The Morgan fingerprint density at radius 3 is 2.50 bits per heavy atom. The Morgan fingerprint density at radius 2 is 1.94 bits per heavy atom. The van der Waals surface area contributed by atoms with Gasteiger partial charge < -0.3 is 5.32 Å². The van der Waals surface area contributed by atoms with Crippen LogP contribution in [0.25, 0.3) is 0 Å². The van der Waals surface area contributed by atoms with Crippen molar-refractivity contribution in [2.45, 2.75) is 52.6 Å². The van der Waals surface area contributed by atoms with Crippen molar-refractivity contribution in [2.24, 2.45) is 5.41 Å². The van der Waals surface area contributed by atoms with Gasteiger partial charge in [-0.25, -0.2) is 0 Å². The Hall–Kier alpha value is -0.820. The summed E-state index contributed by atoms with van der Waals surface area (Å²) in [5.41, 5.74) is 3.30. The molecule has 1 saturated carbocycles. The lowest BCUT2D eigenvalue weighted by Crippen LogP contribution is -2.35. The van der Waals surface area contributed by atoms with Crippen molar-refractivity contribution in [2.75, 3.05) is 0 Å². The van der Waals surface area contributed by atoms with E-state index in [0.717, 1.165) is 0 Å². The standard InChI is InChI=1S/C15H23N/c1-11-6-5-7-14(10-11)12(2)16-13(3)15(4)8-9-15/h5-7,10,12-13,16H,8-9H2,1-4H3/t12-,13?/m0/s1. The number of hydrogen-bond acceptors (Lipinski definition) is 1. The Balaban J connectivity index is 2.00. The van der Waals surface area contributed by atoms with E-state index in [2.05, 4.69) is 57.3 Å². The van der Waals surface area contributed by atoms with Gasteiger partial charge in [0, 0.05) is 12.1 Å². The summed E-state index contributed by atoms with van der Waals surface area (Å²) in [6, 6.07) is 9.86. The molecule has 0 bridgehead atoms. The first-order valence-corrected chi connectivity index (χ1v) is 6.34. The second kappa shape index (κ2) is 4.21. The fraction of sp³-hybridized carbons (Fsp3) is 0.600. The first kappa shape index (κ1) is 11.7. The van der Waals surface area contributed by atoms with E-state index in [-0.39, 0.29) is 0 Å². The molecule has 0 saturated heterocycles. The number of benzene rings is 1. The summed E-state index contributed by atoms with van der Waals surface area (Å²) in [6.45, 7) is 9.12. The van der Waals surface area contributed by atoms with Crippen LogP contribution in [0.4, 0.5) is 0 Å². The molecule has 1 aromatic carbocycles. The highest BCUT2D eigenvalue weighted by Gasteiger charge is 2.42. The molecule has 1 heteroatoms. The van der Waals surface area contributed by atoms with E-state index in [1.54, 1.807) is 0 Å². The minimum absolute atomic E-state index is 0.451. The zero-order valence-corrected chi connectivity index (χ0v) is 10.9. The van der Waals surface area contributed by atoms with Crippen LogP contribution in [0.3, 0.4) is 0 Å². The number of rotatable bonds is 4. The zero-order valence-electron chi connectivity index (χ0n) is 10.9. The van der Waals surface area contributed by atoms with Crippen molar-refractivity contribution in [3.8, 4) is 0 Å². The van der Waals surface area contributed by atoms with Crippen LogP contribution >= 0.6 is 0 Å². The maximum absolute atomic E-state index is 3.73. The molecule has 16 heavy (non-hydrogen) atoms. The molecule has 0 aromatic heterocycles.